The van der Waals surface area contributed by atoms with Gasteiger partial charge in [0.15, 0.2) is 5.69 Å². The minimum atomic E-state index is -4.95. The summed E-state index contributed by atoms with van der Waals surface area (Å²) in [6.45, 7) is -0.515. The number of aromatic carboxylic acids is 1. The summed E-state index contributed by atoms with van der Waals surface area (Å²) in [5.74, 6) is -3.31. The monoisotopic (exact) mass is 263 g/mol. The predicted molar refractivity (Wildman–Crippen MR) is 50.7 cm³/mol. The van der Waals surface area contributed by atoms with Gasteiger partial charge in [0.1, 0.15) is 0 Å². The lowest BCUT2D eigenvalue weighted by molar-refractivity contribution is -0.186. The molecule has 0 fully saturated rings. The van der Waals surface area contributed by atoms with Crippen LogP contribution >= 0.6 is 0 Å². The van der Waals surface area contributed by atoms with Crippen molar-refractivity contribution < 1.29 is 27.9 Å². The molecule has 2 rings (SSSR count). The fourth-order valence-electron chi connectivity index (χ4n) is 1.82. The first kappa shape index (κ1) is 12.4. The van der Waals surface area contributed by atoms with Gasteiger partial charge in [0.2, 0.25) is 0 Å². The van der Waals surface area contributed by atoms with Gasteiger partial charge in [-0.1, -0.05) is 0 Å². The van der Waals surface area contributed by atoms with Crippen LogP contribution in [0.4, 0.5) is 13.2 Å². The largest absolute Gasteiger partial charge is 0.476 e. The Balaban J connectivity index is 2.26. The van der Waals surface area contributed by atoms with Crippen molar-refractivity contribution in [1.82, 2.24) is 15.1 Å². The zero-order chi connectivity index (χ0) is 13.5. The number of hydrogen-bond acceptors (Lipinski definition) is 3. The van der Waals surface area contributed by atoms with Crippen LogP contribution in [0.25, 0.3) is 0 Å². The molecule has 0 spiro atoms. The van der Waals surface area contributed by atoms with Gasteiger partial charge < -0.3 is 10.0 Å². The van der Waals surface area contributed by atoms with E-state index in [1.165, 1.54) is 0 Å². The lowest BCUT2D eigenvalue weighted by Crippen LogP contribution is -2.43. The maximum absolute atomic E-state index is 12.3. The van der Waals surface area contributed by atoms with Crippen molar-refractivity contribution in [3.63, 3.8) is 0 Å². The third kappa shape index (κ3) is 2.03. The van der Waals surface area contributed by atoms with Gasteiger partial charge in [-0.2, -0.15) is 18.3 Å². The summed E-state index contributed by atoms with van der Waals surface area (Å²) in [5, 5.41) is 14.8. The maximum Gasteiger partial charge on any atom is 0.471 e. The van der Waals surface area contributed by atoms with Crippen LogP contribution in [0.2, 0.25) is 0 Å². The van der Waals surface area contributed by atoms with E-state index in [4.69, 9.17) is 5.11 Å². The number of amides is 1. The first-order valence-corrected chi connectivity index (χ1v) is 4.96. The average molecular weight is 263 g/mol. The fraction of sp³-hybridized carbons (Fsp3) is 0.444. The summed E-state index contributed by atoms with van der Waals surface area (Å²) >= 11 is 0. The highest BCUT2D eigenvalue weighted by molar-refractivity contribution is 5.88. The Bertz CT molecular complexity index is 509. The van der Waals surface area contributed by atoms with E-state index in [2.05, 4.69) is 10.2 Å². The number of hydrogen-bond donors (Lipinski definition) is 2. The van der Waals surface area contributed by atoms with Crippen LogP contribution in [0.3, 0.4) is 0 Å². The number of nitrogens with one attached hydrogen (secondary N) is 1. The number of aromatic nitrogens is 2. The summed E-state index contributed by atoms with van der Waals surface area (Å²) < 4.78 is 36.8. The molecule has 98 valence electrons. The predicted octanol–water partition coefficient (Wildman–Crippen LogP) is 0.555. The molecule has 1 amide bonds. The van der Waals surface area contributed by atoms with E-state index in [0.29, 0.717) is 10.6 Å². The highest BCUT2D eigenvalue weighted by Gasteiger charge is 2.43. The molecule has 1 aliphatic heterocycles. The second-order valence-electron chi connectivity index (χ2n) is 3.81. The molecule has 0 radical (unpaired) electrons. The molecular formula is C9H8F3N3O3. The van der Waals surface area contributed by atoms with Crippen molar-refractivity contribution in [2.45, 2.75) is 19.1 Å². The second kappa shape index (κ2) is 4.00. The third-order valence-electron chi connectivity index (χ3n) is 2.67. The van der Waals surface area contributed by atoms with Gasteiger partial charge in [-0.3, -0.25) is 9.89 Å². The van der Waals surface area contributed by atoms with E-state index in [1.807, 2.05) is 0 Å². The minimum absolute atomic E-state index is 0.118. The second-order valence-corrected chi connectivity index (χ2v) is 3.81. The Kier molecular flexibility index (Phi) is 2.76. The molecule has 1 aromatic heterocycles. The van der Waals surface area contributed by atoms with E-state index in [1.54, 1.807) is 0 Å². The minimum Gasteiger partial charge on any atom is -0.476 e. The number of carboxylic acids is 1. The molecule has 9 heteroatoms. The Hall–Kier alpha value is -2.06. The summed E-state index contributed by atoms with van der Waals surface area (Å²) in [6.07, 6.45) is -4.83. The zero-order valence-corrected chi connectivity index (χ0v) is 8.91. The van der Waals surface area contributed by atoms with Crippen molar-refractivity contribution in [1.29, 1.82) is 0 Å². The van der Waals surface area contributed by atoms with Crippen LogP contribution in [0.1, 0.15) is 21.7 Å². The van der Waals surface area contributed by atoms with E-state index in [0.717, 1.165) is 0 Å². The first-order valence-electron chi connectivity index (χ1n) is 4.96. The van der Waals surface area contributed by atoms with Crippen LogP contribution in [0.5, 0.6) is 0 Å². The number of aromatic amines is 1. The van der Waals surface area contributed by atoms with Crippen LogP contribution in [0.15, 0.2) is 0 Å². The Morgan fingerprint density at radius 3 is 2.61 bits per heavy atom. The van der Waals surface area contributed by atoms with Crippen LogP contribution in [0, 0.1) is 0 Å². The summed E-state index contributed by atoms with van der Waals surface area (Å²) in [7, 11) is 0. The first-order chi connectivity index (χ1) is 8.30. The number of carboxylic acid groups (broad SMARTS) is 1. The van der Waals surface area contributed by atoms with Crippen LogP contribution in [-0.4, -0.2) is 44.8 Å². The molecule has 0 unspecified atom stereocenters. The Labute approximate surface area is 98.4 Å². The molecule has 2 N–H and O–H groups in total. The van der Waals surface area contributed by atoms with Gasteiger partial charge in [-0.05, 0) is 0 Å². The van der Waals surface area contributed by atoms with E-state index in [9.17, 15) is 22.8 Å². The number of H-pyrrole nitrogens is 1. The molecule has 0 saturated heterocycles. The zero-order valence-electron chi connectivity index (χ0n) is 8.91. The molecule has 0 aliphatic carbocycles. The van der Waals surface area contributed by atoms with Gasteiger partial charge in [0, 0.05) is 24.2 Å². The molecule has 2 heterocycles. The fourth-order valence-corrected chi connectivity index (χ4v) is 1.82. The number of alkyl halides is 3. The topological polar surface area (TPSA) is 86.3 Å². The molecule has 6 nitrogen and oxygen atoms in total. The van der Waals surface area contributed by atoms with Crippen molar-refractivity contribution in [2.24, 2.45) is 0 Å². The summed E-state index contributed by atoms with van der Waals surface area (Å²) in [5.41, 5.74) is 0.245. The number of fused-ring (bicyclic) bond motifs is 1. The van der Waals surface area contributed by atoms with Crippen molar-refractivity contribution in [2.75, 3.05) is 6.54 Å². The number of carbonyl (C=O) groups is 2. The van der Waals surface area contributed by atoms with E-state index < -0.39 is 24.6 Å². The molecule has 1 aromatic rings. The highest BCUT2D eigenvalue weighted by atomic mass is 19.4. The molecule has 0 atom stereocenters. The lowest BCUT2D eigenvalue weighted by Gasteiger charge is -2.27. The van der Waals surface area contributed by atoms with Gasteiger partial charge in [0.05, 0.1) is 6.54 Å². The maximum atomic E-state index is 12.3. The molecule has 0 aromatic carbocycles. The SMILES string of the molecule is O=C(O)c1n[nH]c2c1CN(C(=O)C(F)(F)F)CC2. The van der Waals surface area contributed by atoms with E-state index >= 15 is 0 Å². The smallest absolute Gasteiger partial charge is 0.471 e. The van der Waals surface area contributed by atoms with Gasteiger partial charge in [-0.15, -0.1) is 0 Å². The molecule has 0 saturated carbocycles. The number of nitrogens with zero attached hydrogens (tertiary/aromatic N) is 2. The molecule has 0 bridgehead atoms. The highest BCUT2D eigenvalue weighted by Crippen LogP contribution is 2.25. The number of carbonyl (C=O) groups excluding carboxylic acids is 1. The Morgan fingerprint density at radius 2 is 2.06 bits per heavy atom. The lowest BCUT2D eigenvalue weighted by atomic mass is 10.1. The van der Waals surface area contributed by atoms with Crippen molar-refractivity contribution >= 4 is 11.9 Å². The van der Waals surface area contributed by atoms with Gasteiger partial charge in [-0.25, -0.2) is 4.79 Å². The summed E-state index contributed by atoms with van der Waals surface area (Å²) in [4.78, 5) is 22.4. The molecule has 18 heavy (non-hydrogen) atoms. The Morgan fingerprint density at radius 1 is 1.39 bits per heavy atom. The van der Waals surface area contributed by atoms with Crippen molar-refractivity contribution in [3.8, 4) is 0 Å². The standard InChI is InChI=1S/C9H8F3N3O3/c10-9(11,12)8(18)15-2-1-5-4(3-15)6(7(16)17)14-13-5/h1-3H2,(H,13,14)(H,16,17). The van der Waals surface area contributed by atoms with Crippen LogP contribution < -0.4 is 0 Å². The summed E-state index contributed by atoms with van der Waals surface area (Å²) in [6, 6.07) is 0. The van der Waals surface area contributed by atoms with Crippen LogP contribution in [-0.2, 0) is 17.8 Å². The molecule has 1 aliphatic rings. The van der Waals surface area contributed by atoms with E-state index in [-0.39, 0.29) is 24.2 Å². The normalized spacial score (nSPS) is 15.4. The number of halogens is 3. The molecular weight excluding hydrogens is 255 g/mol. The van der Waals surface area contributed by atoms with Gasteiger partial charge >= 0.3 is 18.1 Å². The average Bonchev–Trinajstić information content (AvgIpc) is 2.69. The van der Waals surface area contributed by atoms with Gasteiger partial charge in [0.25, 0.3) is 0 Å². The number of rotatable bonds is 1. The van der Waals surface area contributed by atoms with Crippen molar-refractivity contribution in [3.05, 3.63) is 17.0 Å². The quantitative estimate of drug-likeness (QED) is 0.774. The third-order valence-corrected chi connectivity index (χ3v) is 2.67.